The SMILES string of the molecule is O=C1CC(C(=O)Nc2cc3[nH]c(=O)[nH]c3cc2N2CCCC2)c2cc(F)ccc2N1. The smallest absolute Gasteiger partial charge is 0.323 e. The van der Waals surface area contributed by atoms with Gasteiger partial charge in [-0.1, -0.05) is 0 Å². The fourth-order valence-electron chi connectivity index (χ4n) is 4.28. The van der Waals surface area contributed by atoms with E-state index in [-0.39, 0.29) is 18.0 Å². The highest BCUT2D eigenvalue weighted by Gasteiger charge is 2.32. The monoisotopic (exact) mass is 409 g/mol. The van der Waals surface area contributed by atoms with Crippen LogP contribution >= 0.6 is 0 Å². The van der Waals surface area contributed by atoms with E-state index in [1.807, 2.05) is 6.07 Å². The molecule has 1 saturated heterocycles. The molecule has 0 spiro atoms. The lowest BCUT2D eigenvalue weighted by molar-refractivity contribution is -0.123. The van der Waals surface area contributed by atoms with Gasteiger partial charge in [-0.2, -0.15) is 0 Å². The van der Waals surface area contributed by atoms with Gasteiger partial charge in [0.05, 0.1) is 28.3 Å². The van der Waals surface area contributed by atoms with Gasteiger partial charge in [-0.05, 0) is 48.7 Å². The summed E-state index contributed by atoms with van der Waals surface area (Å²) >= 11 is 0. The lowest BCUT2D eigenvalue weighted by Gasteiger charge is -2.26. The van der Waals surface area contributed by atoms with Gasteiger partial charge in [-0.25, -0.2) is 9.18 Å². The van der Waals surface area contributed by atoms with Crippen LogP contribution in [0.5, 0.6) is 0 Å². The molecule has 0 radical (unpaired) electrons. The summed E-state index contributed by atoms with van der Waals surface area (Å²) in [7, 11) is 0. The Morgan fingerprint density at radius 1 is 1.07 bits per heavy atom. The summed E-state index contributed by atoms with van der Waals surface area (Å²) < 4.78 is 13.8. The van der Waals surface area contributed by atoms with Crippen LogP contribution in [0.1, 0.15) is 30.7 Å². The minimum Gasteiger partial charge on any atom is -0.370 e. The highest BCUT2D eigenvalue weighted by molar-refractivity contribution is 6.07. The van der Waals surface area contributed by atoms with Crippen LogP contribution < -0.4 is 21.2 Å². The van der Waals surface area contributed by atoms with Crippen LogP contribution in [-0.2, 0) is 9.59 Å². The van der Waals surface area contributed by atoms with E-state index in [1.54, 1.807) is 6.07 Å². The number of hydrogen-bond acceptors (Lipinski definition) is 4. The van der Waals surface area contributed by atoms with Gasteiger partial charge in [0.25, 0.3) is 0 Å². The second-order valence-corrected chi connectivity index (χ2v) is 7.71. The van der Waals surface area contributed by atoms with Crippen molar-refractivity contribution in [3.63, 3.8) is 0 Å². The number of H-pyrrole nitrogens is 2. The van der Waals surface area contributed by atoms with Crippen molar-refractivity contribution in [3.8, 4) is 0 Å². The van der Waals surface area contributed by atoms with E-state index in [2.05, 4.69) is 25.5 Å². The molecule has 1 atom stereocenters. The Labute approximate surface area is 170 Å². The van der Waals surface area contributed by atoms with Crippen LogP contribution in [0.25, 0.3) is 11.0 Å². The van der Waals surface area contributed by atoms with Crippen LogP contribution in [0.4, 0.5) is 21.5 Å². The molecule has 9 heteroatoms. The number of nitrogens with one attached hydrogen (secondary N) is 4. The summed E-state index contributed by atoms with van der Waals surface area (Å²) in [6.45, 7) is 1.70. The molecule has 2 aromatic carbocycles. The van der Waals surface area contributed by atoms with E-state index in [0.29, 0.717) is 28.0 Å². The number of aromatic amines is 2. The average Bonchev–Trinajstić information content (AvgIpc) is 3.35. The fraction of sp³-hybridized carbons (Fsp3) is 0.286. The maximum absolute atomic E-state index is 13.8. The van der Waals surface area contributed by atoms with Crippen molar-refractivity contribution in [2.45, 2.75) is 25.2 Å². The Morgan fingerprint density at radius 2 is 1.80 bits per heavy atom. The normalized spacial score (nSPS) is 18.4. The molecule has 8 nitrogen and oxygen atoms in total. The molecule has 1 fully saturated rings. The van der Waals surface area contributed by atoms with Gasteiger partial charge in [-0.3, -0.25) is 9.59 Å². The van der Waals surface area contributed by atoms with E-state index >= 15 is 0 Å². The average molecular weight is 409 g/mol. The molecule has 154 valence electrons. The van der Waals surface area contributed by atoms with Crippen molar-refractivity contribution in [3.05, 3.63) is 52.2 Å². The molecule has 4 N–H and O–H groups in total. The number of amides is 2. The molecule has 0 bridgehead atoms. The summed E-state index contributed by atoms with van der Waals surface area (Å²) in [6, 6.07) is 7.56. The van der Waals surface area contributed by atoms with Gasteiger partial charge >= 0.3 is 5.69 Å². The van der Waals surface area contributed by atoms with Gasteiger partial charge in [0.2, 0.25) is 11.8 Å². The van der Waals surface area contributed by atoms with Gasteiger partial charge in [0.1, 0.15) is 5.82 Å². The van der Waals surface area contributed by atoms with Crippen molar-refractivity contribution in [1.29, 1.82) is 0 Å². The molecule has 3 heterocycles. The minimum atomic E-state index is -0.808. The maximum Gasteiger partial charge on any atom is 0.323 e. The Bertz CT molecular complexity index is 1230. The number of halogens is 1. The predicted molar refractivity (Wildman–Crippen MR) is 111 cm³/mol. The molecule has 5 rings (SSSR count). The van der Waals surface area contributed by atoms with Crippen molar-refractivity contribution in [2.75, 3.05) is 28.6 Å². The second-order valence-electron chi connectivity index (χ2n) is 7.71. The molecule has 30 heavy (non-hydrogen) atoms. The number of aromatic nitrogens is 2. The summed E-state index contributed by atoms with van der Waals surface area (Å²) in [5.41, 5.74) is 3.16. The zero-order valence-corrected chi connectivity index (χ0v) is 16.0. The third kappa shape index (κ3) is 3.22. The number of anilines is 3. The van der Waals surface area contributed by atoms with Crippen LogP contribution in [0, 0.1) is 5.82 Å². The fourth-order valence-corrected chi connectivity index (χ4v) is 4.28. The number of carbonyl (C=O) groups excluding carboxylic acids is 2. The molecular formula is C21H20FN5O3. The standard InChI is InChI=1S/C21H20FN5O3/c22-11-3-4-14-12(7-11)13(8-19(28)23-14)20(29)24-17-9-15-16(26-21(30)25-15)10-18(17)27-5-1-2-6-27/h3-4,7,9-10,13H,1-2,5-6,8H2,(H,23,28)(H,24,29)(H2,25,26,30). The van der Waals surface area contributed by atoms with Crippen molar-refractivity contribution < 1.29 is 14.0 Å². The van der Waals surface area contributed by atoms with Gasteiger partial charge in [-0.15, -0.1) is 0 Å². The van der Waals surface area contributed by atoms with Crippen molar-refractivity contribution in [2.24, 2.45) is 0 Å². The Balaban J connectivity index is 1.53. The lowest BCUT2D eigenvalue weighted by Crippen LogP contribution is -2.31. The first kappa shape index (κ1) is 18.4. The van der Waals surface area contributed by atoms with Gasteiger partial charge < -0.3 is 25.5 Å². The lowest BCUT2D eigenvalue weighted by atomic mass is 9.89. The van der Waals surface area contributed by atoms with E-state index in [4.69, 9.17) is 0 Å². The Morgan fingerprint density at radius 3 is 2.57 bits per heavy atom. The first-order valence-corrected chi connectivity index (χ1v) is 9.89. The summed E-state index contributed by atoms with van der Waals surface area (Å²) in [5, 5.41) is 5.60. The Hall–Kier alpha value is -3.62. The van der Waals surface area contributed by atoms with Crippen LogP contribution in [0.3, 0.4) is 0 Å². The molecule has 1 aromatic heterocycles. The van der Waals surface area contributed by atoms with Crippen LogP contribution in [0.2, 0.25) is 0 Å². The minimum absolute atomic E-state index is 0.0649. The number of fused-ring (bicyclic) bond motifs is 2. The molecule has 2 aliphatic heterocycles. The van der Waals surface area contributed by atoms with Gasteiger partial charge in [0, 0.05) is 25.2 Å². The zero-order valence-electron chi connectivity index (χ0n) is 16.0. The maximum atomic E-state index is 13.8. The summed E-state index contributed by atoms with van der Waals surface area (Å²) in [5.74, 6) is -1.96. The molecule has 2 aliphatic rings. The highest BCUT2D eigenvalue weighted by Crippen LogP contribution is 2.36. The van der Waals surface area contributed by atoms with E-state index < -0.39 is 17.6 Å². The number of rotatable bonds is 3. The number of nitrogens with zero attached hydrogens (tertiary/aromatic N) is 1. The second kappa shape index (κ2) is 7.01. The molecule has 0 saturated carbocycles. The molecule has 0 aliphatic carbocycles. The third-order valence-electron chi connectivity index (χ3n) is 5.71. The topological polar surface area (TPSA) is 110 Å². The van der Waals surface area contributed by atoms with E-state index in [0.717, 1.165) is 31.6 Å². The highest BCUT2D eigenvalue weighted by atomic mass is 19.1. The van der Waals surface area contributed by atoms with Crippen molar-refractivity contribution in [1.82, 2.24) is 9.97 Å². The first-order valence-electron chi connectivity index (χ1n) is 9.89. The van der Waals surface area contributed by atoms with E-state index in [1.165, 1.54) is 18.2 Å². The number of carbonyl (C=O) groups is 2. The third-order valence-corrected chi connectivity index (χ3v) is 5.71. The number of benzene rings is 2. The number of hydrogen-bond donors (Lipinski definition) is 4. The predicted octanol–water partition coefficient (Wildman–Crippen LogP) is 2.66. The Kier molecular flexibility index (Phi) is 4.30. The summed E-state index contributed by atoms with van der Waals surface area (Å²) in [6.07, 6.45) is 2.03. The molecular weight excluding hydrogens is 389 g/mol. The number of imidazole rings is 1. The largest absolute Gasteiger partial charge is 0.370 e. The van der Waals surface area contributed by atoms with Crippen LogP contribution in [0.15, 0.2) is 35.1 Å². The molecule has 2 amide bonds. The molecule has 1 unspecified atom stereocenters. The van der Waals surface area contributed by atoms with E-state index in [9.17, 15) is 18.8 Å². The van der Waals surface area contributed by atoms with Gasteiger partial charge in [0.15, 0.2) is 0 Å². The quantitative estimate of drug-likeness (QED) is 0.533. The molecule has 3 aromatic rings. The van der Waals surface area contributed by atoms with Crippen LogP contribution in [-0.4, -0.2) is 34.9 Å². The van der Waals surface area contributed by atoms with Crippen molar-refractivity contribution >= 4 is 39.9 Å². The summed E-state index contributed by atoms with van der Waals surface area (Å²) in [4.78, 5) is 44.6. The zero-order chi connectivity index (χ0) is 20.8. The first-order chi connectivity index (χ1) is 14.5.